The van der Waals surface area contributed by atoms with Crippen LogP contribution in [0.3, 0.4) is 0 Å². The molecule has 6 aromatic rings. The zero-order valence-corrected chi connectivity index (χ0v) is 24.9. The smallest absolute Gasteiger partial charge is 0.253 e. The van der Waals surface area contributed by atoms with Gasteiger partial charge in [0.15, 0.2) is 5.82 Å². The van der Waals surface area contributed by atoms with Gasteiger partial charge in [0, 0.05) is 43.1 Å². The third kappa shape index (κ3) is 6.58. The van der Waals surface area contributed by atoms with E-state index in [1.807, 2.05) is 77.6 Å². The van der Waals surface area contributed by atoms with Crippen molar-refractivity contribution in [1.29, 1.82) is 0 Å². The Morgan fingerprint density at radius 1 is 0.886 bits per heavy atom. The molecule has 6 rings (SSSR count). The summed E-state index contributed by atoms with van der Waals surface area (Å²) in [6.45, 7) is 3.74. The number of rotatable bonds is 12. The zero-order valence-electron chi connectivity index (χ0n) is 24.9. The van der Waals surface area contributed by atoms with Gasteiger partial charge in [-0.15, -0.1) is 5.10 Å². The van der Waals surface area contributed by atoms with Gasteiger partial charge in [-0.25, -0.2) is 4.68 Å². The second kappa shape index (κ2) is 13.4. The number of methoxy groups -OCH3 is 1. The highest BCUT2D eigenvalue weighted by atomic mass is 16.5. The van der Waals surface area contributed by atoms with Crippen LogP contribution in [0.2, 0.25) is 0 Å². The van der Waals surface area contributed by atoms with Crippen LogP contribution in [0.4, 0.5) is 0 Å². The minimum atomic E-state index is -0.554. The molecule has 1 unspecified atom stereocenters. The van der Waals surface area contributed by atoms with Gasteiger partial charge in [-0.05, 0) is 87.3 Å². The molecule has 9 nitrogen and oxygen atoms in total. The van der Waals surface area contributed by atoms with E-state index in [9.17, 15) is 4.79 Å². The molecule has 1 N–H and O–H groups in total. The van der Waals surface area contributed by atoms with Gasteiger partial charge in [-0.3, -0.25) is 14.7 Å². The van der Waals surface area contributed by atoms with Gasteiger partial charge >= 0.3 is 0 Å². The number of H-pyrrole nitrogens is 1. The average Bonchev–Trinajstić information content (AvgIpc) is 3.53. The molecule has 222 valence electrons. The number of pyridine rings is 2. The van der Waals surface area contributed by atoms with E-state index in [1.165, 1.54) is 11.1 Å². The van der Waals surface area contributed by atoms with Crippen LogP contribution in [-0.4, -0.2) is 42.2 Å². The Balaban J connectivity index is 1.49. The molecule has 0 aliphatic carbocycles. The lowest BCUT2D eigenvalue weighted by Gasteiger charge is -2.31. The molecule has 3 aromatic heterocycles. The number of ether oxygens (including phenoxy) is 1. The third-order valence-corrected chi connectivity index (χ3v) is 7.92. The van der Waals surface area contributed by atoms with Gasteiger partial charge in [0.05, 0.1) is 7.11 Å². The van der Waals surface area contributed by atoms with Crippen LogP contribution in [0.5, 0.6) is 5.75 Å². The number of tetrazole rings is 1. The summed E-state index contributed by atoms with van der Waals surface area (Å²) in [5.74, 6) is 1.39. The van der Waals surface area contributed by atoms with Gasteiger partial charge in [0.1, 0.15) is 11.8 Å². The van der Waals surface area contributed by atoms with Crippen LogP contribution in [-0.2, 0) is 32.5 Å². The van der Waals surface area contributed by atoms with Crippen LogP contribution >= 0.6 is 0 Å². The first-order valence-electron chi connectivity index (χ1n) is 14.8. The molecule has 1 atom stereocenters. The number of nitrogens with zero attached hydrogens (tertiary/aromatic N) is 6. The topological polar surface area (TPSA) is 102 Å². The number of hydrogen-bond acceptors (Lipinski definition) is 7. The van der Waals surface area contributed by atoms with Crippen LogP contribution in [0.25, 0.3) is 10.9 Å². The van der Waals surface area contributed by atoms with Crippen molar-refractivity contribution in [2.45, 2.75) is 45.4 Å². The maximum absolute atomic E-state index is 13.9. The van der Waals surface area contributed by atoms with Gasteiger partial charge < -0.3 is 9.72 Å². The standard InChI is InChI=1S/C35H35N7O2/c1-3-25-13-16-32-29(20-25)21-31(35(43)37-32)33(34-38-39-40-42(34)19-17-26-8-5-4-6-9-26)41(24-28-10-7-18-36-22-28)23-27-11-14-30(44-2)15-12-27/h4-16,18,20-22,33H,3,17,19,23-24H2,1-2H3,(H,37,43). The summed E-state index contributed by atoms with van der Waals surface area (Å²) in [7, 11) is 1.66. The zero-order chi connectivity index (χ0) is 30.3. The fourth-order valence-corrected chi connectivity index (χ4v) is 5.57. The van der Waals surface area contributed by atoms with Crippen molar-refractivity contribution < 1.29 is 4.74 Å². The van der Waals surface area contributed by atoms with Gasteiger partial charge in [-0.2, -0.15) is 0 Å². The molecule has 0 saturated carbocycles. The molecule has 0 spiro atoms. The van der Waals surface area contributed by atoms with Crippen molar-refractivity contribution in [1.82, 2.24) is 35.1 Å². The monoisotopic (exact) mass is 585 g/mol. The van der Waals surface area contributed by atoms with Crippen molar-refractivity contribution in [3.63, 3.8) is 0 Å². The summed E-state index contributed by atoms with van der Waals surface area (Å²) in [5.41, 5.74) is 5.67. The molecule has 0 bridgehead atoms. The number of fused-ring (bicyclic) bond motifs is 1. The van der Waals surface area contributed by atoms with E-state index in [4.69, 9.17) is 4.74 Å². The minimum Gasteiger partial charge on any atom is -0.497 e. The summed E-state index contributed by atoms with van der Waals surface area (Å²) < 4.78 is 7.23. The summed E-state index contributed by atoms with van der Waals surface area (Å²) in [6.07, 6.45) is 5.27. The lowest BCUT2D eigenvalue weighted by atomic mass is 10.0. The number of aromatic amines is 1. The molecule has 0 aliphatic heterocycles. The second-order valence-corrected chi connectivity index (χ2v) is 10.8. The highest BCUT2D eigenvalue weighted by Gasteiger charge is 2.31. The van der Waals surface area contributed by atoms with E-state index >= 15 is 0 Å². The number of benzene rings is 3. The van der Waals surface area contributed by atoms with Crippen molar-refractivity contribution in [3.05, 3.63) is 147 Å². The third-order valence-electron chi connectivity index (χ3n) is 7.92. The molecule has 0 amide bonds. The summed E-state index contributed by atoms with van der Waals surface area (Å²) in [5, 5.41) is 14.1. The lowest BCUT2D eigenvalue weighted by molar-refractivity contribution is 0.193. The molecular weight excluding hydrogens is 550 g/mol. The SMILES string of the molecule is CCc1ccc2[nH]c(=O)c(C(c3nnnn3CCc3ccccc3)N(Cc3ccc(OC)cc3)Cc3cccnc3)cc2c1. The highest BCUT2D eigenvalue weighted by molar-refractivity contribution is 5.80. The van der Waals surface area contributed by atoms with Crippen molar-refractivity contribution in [3.8, 4) is 5.75 Å². The lowest BCUT2D eigenvalue weighted by Crippen LogP contribution is -2.35. The van der Waals surface area contributed by atoms with E-state index in [2.05, 4.69) is 61.6 Å². The average molecular weight is 586 g/mol. The van der Waals surface area contributed by atoms with E-state index in [-0.39, 0.29) is 5.56 Å². The molecular formula is C35H35N7O2. The van der Waals surface area contributed by atoms with Crippen LogP contribution in [0, 0.1) is 0 Å². The number of aromatic nitrogens is 6. The quantitative estimate of drug-likeness (QED) is 0.202. The summed E-state index contributed by atoms with van der Waals surface area (Å²) in [4.78, 5) is 23.7. The van der Waals surface area contributed by atoms with Crippen molar-refractivity contribution in [2.24, 2.45) is 0 Å². The molecule has 3 aromatic carbocycles. The van der Waals surface area contributed by atoms with E-state index < -0.39 is 6.04 Å². The highest BCUT2D eigenvalue weighted by Crippen LogP contribution is 2.31. The number of nitrogens with one attached hydrogen (secondary N) is 1. The molecule has 0 fully saturated rings. The molecule has 44 heavy (non-hydrogen) atoms. The fraction of sp³-hybridized carbons (Fsp3) is 0.229. The summed E-state index contributed by atoms with van der Waals surface area (Å²) >= 11 is 0. The van der Waals surface area contributed by atoms with Crippen molar-refractivity contribution in [2.75, 3.05) is 7.11 Å². The first kappa shape index (κ1) is 28.9. The molecule has 0 radical (unpaired) electrons. The van der Waals surface area contributed by atoms with Crippen molar-refractivity contribution >= 4 is 10.9 Å². The Bertz CT molecular complexity index is 1870. The maximum atomic E-state index is 13.9. The Hall–Kier alpha value is -5.15. The summed E-state index contributed by atoms with van der Waals surface area (Å²) in [6, 6.07) is 29.8. The van der Waals surface area contributed by atoms with E-state index in [0.717, 1.165) is 40.6 Å². The van der Waals surface area contributed by atoms with E-state index in [1.54, 1.807) is 13.3 Å². The molecule has 0 aliphatic rings. The van der Waals surface area contributed by atoms with Crippen LogP contribution in [0.1, 0.15) is 46.6 Å². The van der Waals surface area contributed by atoms with E-state index in [0.29, 0.717) is 31.0 Å². The Morgan fingerprint density at radius 2 is 1.66 bits per heavy atom. The largest absolute Gasteiger partial charge is 0.497 e. The molecule has 0 saturated heterocycles. The first-order valence-corrected chi connectivity index (χ1v) is 14.8. The fourth-order valence-electron chi connectivity index (χ4n) is 5.57. The van der Waals surface area contributed by atoms with Gasteiger partial charge in [0.2, 0.25) is 0 Å². The number of aryl methyl sites for hydroxylation is 3. The Labute approximate surface area is 256 Å². The normalized spacial score (nSPS) is 12.1. The second-order valence-electron chi connectivity index (χ2n) is 10.8. The van der Waals surface area contributed by atoms with Crippen LogP contribution in [0.15, 0.2) is 108 Å². The molecule has 3 heterocycles. The maximum Gasteiger partial charge on any atom is 0.253 e. The Morgan fingerprint density at radius 3 is 2.41 bits per heavy atom. The molecule has 9 heteroatoms. The van der Waals surface area contributed by atoms with Gasteiger partial charge in [-0.1, -0.05) is 61.5 Å². The Kier molecular flexibility index (Phi) is 8.84. The number of hydrogen-bond donors (Lipinski definition) is 1. The van der Waals surface area contributed by atoms with Crippen LogP contribution < -0.4 is 10.3 Å². The minimum absolute atomic E-state index is 0.171. The first-order chi connectivity index (χ1) is 21.6. The predicted molar refractivity (Wildman–Crippen MR) is 170 cm³/mol. The van der Waals surface area contributed by atoms with Gasteiger partial charge in [0.25, 0.3) is 5.56 Å². The predicted octanol–water partition coefficient (Wildman–Crippen LogP) is 5.52.